The van der Waals surface area contributed by atoms with Crippen LogP contribution < -0.4 is 10.6 Å². The second kappa shape index (κ2) is 7.35. The quantitative estimate of drug-likeness (QED) is 0.726. The first-order valence-electron chi connectivity index (χ1n) is 6.21. The number of amides is 2. The van der Waals surface area contributed by atoms with Crippen molar-refractivity contribution in [2.24, 2.45) is 0 Å². The molecule has 1 heterocycles. The van der Waals surface area contributed by atoms with E-state index in [0.717, 1.165) is 11.1 Å². The van der Waals surface area contributed by atoms with Crippen LogP contribution >= 0.6 is 0 Å². The highest BCUT2D eigenvalue weighted by molar-refractivity contribution is 5.82. The Labute approximate surface area is 112 Å². The molecule has 0 spiro atoms. The van der Waals surface area contributed by atoms with E-state index in [1.807, 2.05) is 19.9 Å². The molecule has 0 aliphatic carbocycles. The molecular weight excluding hydrogens is 246 g/mol. The standard InChI is InChI=1S/C13H19N3O3/c1-3-4-11(12(17)18)16-13(19)15-8-10-7-14-6-5-9(10)2/h5-7,11H,3-4,8H2,1-2H3,(H,17,18)(H2,15,16,19). The lowest BCUT2D eigenvalue weighted by atomic mass is 10.1. The minimum atomic E-state index is -1.02. The minimum Gasteiger partial charge on any atom is -0.480 e. The zero-order chi connectivity index (χ0) is 14.3. The number of hydrogen-bond donors (Lipinski definition) is 3. The normalized spacial score (nSPS) is 11.7. The van der Waals surface area contributed by atoms with Crippen LogP contribution in [0.1, 0.15) is 30.9 Å². The molecule has 0 aliphatic heterocycles. The lowest BCUT2D eigenvalue weighted by molar-refractivity contribution is -0.139. The van der Waals surface area contributed by atoms with E-state index in [4.69, 9.17) is 5.11 Å². The van der Waals surface area contributed by atoms with E-state index in [9.17, 15) is 9.59 Å². The minimum absolute atomic E-state index is 0.323. The van der Waals surface area contributed by atoms with E-state index in [1.54, 1.807) is 12.4 Å². The Morgan fingerprint density at radius 2 is 2.21 bits per heavy atom. The summed E-state index contributed by atoms with van der Waals surface area (Å²) in [6.07, 6.45) is 4.46. The summed E-state index contributed by atoms with van der Waals surface area (Å²) in [4.78, 5) is 26.5. The number of carboxylic acid groups (broad SMARTS) is 1. The monoisotopic (exact) mass is 265 g/mol. The number of carboxylic acids is 1. The van der Waals surface area contributed by atoms with Crippen LogP contribution in [0.4, 0.5) is 4.79 Å². The van der Waals surface area contributed by atoms with Gasteiger partial charge in [0.2, 0.25) is 0 Å². The van der Waals surface area contributed by atoms with Gasteiger partial charge in [0.15, 0.2) is 0 Å². The Balaban J connectivity index is 2.47. The summed E-state index contributed by atoms with van der Waals surface area (Å²) in [5.74, 6) is -1.02. The van der Waals surface area contributed by atoms with Gasteiger partial charge in [0.1, 0.15) is 6.04 Å². The highest BCUT2D eigenvalue weighted by Gasteiger charge is 2.18. The molecule has 2 amide bonds. The lowest BCUT2D eigenvalue weighted by Gasteiger charge is -2.14. The number of aromatic nitrogens is 1. The second-order valence-corrected chi connectivity index (χ2v) is 4.31. The Bertz CT molecular complexity index is 449. The fourth-order valence-electron chi connectivity index (χ4n) is 1.61. The van der Waals surface area contributed by atoms with Gasteiger partial charge in [0.05, 0.1) is 0 Å². The van der Waals surface area contributed by atoms with E-state index in [2.05, 4.69) is 15.6 Å². The van der Waals surface area contributed by atoms with Gasteiger partial charge in [-0.1, -0.05) is 13.3 Å². The van der Waals surface area contributed by atoms with Crippen LogP contribution in [0.15, 0.2) is 18.5 Å². The van der Waals surface area contributed by atoms with Crippen LogP contribution in [-0.4, -0.2) is 28.1 Å². The van der Waals surface area contributed by atoms with Gasteiger partial charge in [-0.3, -0.25) is 4.98 Å². The third-order valence-electron chi connectivity index (χ3n) is 2.77. The molecule has 0 fully saturated rings. The third-order valence-corrected chi connectivity index (χ3v) is 2.77. The Morgan fingerprint density at radius 3 is 2.79 bits per heavy atom. The molecule has 0 aliphatic rings. The van der Waals surface area contributed by atoms with Crippen LogP contribution in [0.5, 0.6) is 0 Å². The second-order valence-electron chi connectivity index (χ2n) is 4.31. The molecule has 6 nitrogen and oxygen atoms in total. The van der Waals surface area contributed by atoms with E-state index in [1.165, 1.54) is 0 Å². The van der Waals surface area contributed by atoms with Crippen LogP contribution in [0.25, 0.3) is 0 Å². The van der Waals surface area contributed by atoms with Gasteiger partial charge in [-0.2, -0.15) is 0 Å². The molecule has 1 aromatic rings. The number of nitrogens with one attached hydrogen (secondary N) is 2. The van der Waals surface area contributed by atoms with Gasteiger partial charge in [-0.25, -0.2) is 9.59 Å². The van der Waals surface area contributed by atoms with Crippen molar-refractivity contribution < 1.29 is 14.7 Å². The van der Waals surface area contributed by atoms with Crippen molar-refractivity contribution in [2.75, 3.05) is 0 Å². The summed E-state index contributed by atoms with van der Waals surface area (Å²) in [5.41, 5.74) is 1.93. The maximum atomic E-state index is 11.6. The van der Waals surface area contributed by atoms with Gasteiger partial charge in [0.25, 0.3) is 0 Å². The predicted octanol–water partition coefficient (Wildman–Crippen LogP) is 1.44. The SMILES string of the molecule is CCCC(NC(=O)NCc1cnccc1C)C(=O)O. The van der Waals surface area contributed by atoms with E-state index in [0.29, 0.717) is 19.4 Å². The topological polar surface area (TPSA) is 91.3 Å². The molecule has 1 aromatic heterocycles. The molecule has 0 radical (unpaired) electrons. The third kappa shape index (κ3) is 4.95. The summed E-state index contributed by atoms with van der Waals surface area (Å²) >= 11 is 0. The average Bonchev–Trinajstić information content (AvgIpc) is 2.37. The van der Waals surface area contributed by atoms with Gasteiger partial charge >= 0.3 is 12.0 Å². The number of carbonyl (C=O) groups is 2. The van der Waals surface area contributed by atoms with Gasteiger partial charge < -0.3 is 15.7 Å². The van der Waals surface area contributed by atoms with Crippen molar-refractivity contribution in [1.29, 1.82) is 0 Å². The van der Waals surface area contributed by atoms with Crippen molar-refractivity contribution in [3.63, 3.8) is 0 Å². The summed E-state index contributed by atoms with van der Waals surface area (Å²) in [6.45, 7) is 4.12. The van der Waals surface area contributed by atoms with E-state index in [-0.39, 0.29) is 0 Å². The maximum absolute atomic E-state index is 11.6. The van der Waals surface area contributed by atoms with Crippen LogP contribution in [0.3, 0.4) is 0 Å². The van der Waals surface area contributed by atoms with Gasteiger partial charge in [0, 0.05) is 18.9 Å². The maximum Gasteiger partial charge on any atom is 0.326 e. The summed E-state index contributed by atoms with van der Waals surface area (Å²) < 4.78 is 0. The van der Waals surface area contributed by atoms with E-state index >= 15 is 0 Å². The first kappa shape index (κ1) is 14.9. The highest BCUT2D eigenvalue weighted by Crippen LogP contribution is 2.04. The Hall–Kier alpha value is -2.11. The largest absolute Gasteiger partial charge is 0.480 e. The molecule has 1 rings (SSSR count). The zero-order valence-electron chi connectivity index (χ0n) is 11.1. The number of carbonyl (C=O) groups excluding carboxylic acids is 1. The summed E-state index contributed by atoms with van der Waals surface area (Å²) in [7, 11) is 0. The molecule has 6 heteroatoms. The van der Waals surface area contributed by atoms with Crippen LogP contribution in [0.2, 0.25) is 0 Å². The number of aryl methyl sites for hydroxylation is 1. The number of pyridine rings is 1. The molecule has 19 heavy (non-hydrogen) atoms. The van der Waals surface area contributed by atoms with Crippen molar-refractivity contribution in [3.05, 3.63) is 29.6 Å². The van der Waals surface area contributed by atoms with Crippen molar-refractivity contribution in [2.45, 2.75) is 39.3 Å². The molecule has 1 atom stereocenters. The number of urea groups is 1. The zero-order valence-corrected chi connectivity index (χ0v) is 11.1. The molecular formula is C13H19N3O3. The predicted molar refractivity (Wildman–Crippen MR) is 70.7 cm³/mol. The smallest absolute Gasteiger partial charge is 0.326 e. The van der Waals surface area contributed by atoms with Gasteiger partial charge in [-0.15, -0.1) is 0 Å². The highest BCUT2D eigenvalue weighted by atomic mass is 16.4. The Kier molecular flexibility index (Phi) is 5.78. The van der Waals surface area contributed by atoms with Crippen LogP contribution in [0, 0.1) is 6.92 Å². The van der Waals surface area contributed by atoms with E-state index < -0.39 is 18.0 Å². The molecule has 0 aromatic carbocycles. The van der Waals surface area contributed by atoms with Crippen molar-refractivity contribution in [3.8, 4) is 0 Å². The number of aliphatic carboxylic acids is 1. The molecule has 104 valence electrons. The first-order valence-corrected chi connectivity index (χ1v) is 6.21. The van der Waals surface area contributed by atoms with Crippen molar-refractivity contribution >= 4 is 12.0 Å². The molecule has 0 saturated carbocycles. The van der Waals surface area contributed by atoms with Crippen molar-refractivity contribution in [1.82, 2.24) is 15.6 Å². The summed E-state index contributed by atoms with van der Waals surface area (Å²) in [6, 6.07) is 0.524. The number of nitrogens with zero attached hydrogens (tertiary/aromatic N) is 1. The fourth-order valence-corrected chi connectivity index (χ4v) is 1.61. The van der Waals surface area contributed by atoms with Gasteiger partial charge in [-0.05, 0) is 30.5 Å². The van der Waals surface area contributed by atoms with Crippen LogP contribution in [-0.2, 0) is 11.3 Å². The molecule has 0 saturated heterocycles. The molecule has 1 unspecified atom stereocenters. The average molecular weight is 265 g/mol. The number of hydrogen-bond acceptors (Lipinski definition) is 3. The Morgan fingerprint density at radius 1 is 1.47 bits per heavy atom. The number of rotatable bonds is 6. The molecule has 3 N–H and O–H groups in total. The first-order chi connectivity index (χ1) is 9.04. The fraction of sp³-hybridized carbons (Fsp3) is 0.462. The lowest BCUT2D eigenvalue weighted by Crippen LogP contribution is -2.45. The molecule has 0 bridgehead atoms. The summed E-state index contributed by atoms with van der Waals surface area (Å²) in [5, 5.41) is 14.0.